The van der Waals surface area contributed by atoms with E-state index >= 15 is 0 Å². The van der Waals surface area contributed by atoms with Crippen LogP contribution < -0.4 is 5.32 Å². The molecule has 0 amide bonds. The molecule has 19 heavy (non-hydrogen) atoms. The maximum Gasteiger partial charge on any atom is 0.194 e. The Balaban J connectivity index is 2.11. The summed E-state index contributed by atoms with van der Waals surface area (Å²) >= 11 is 0. The second kappa shape index (κ2) is 5.95. The zero-order valence-corrected chi connectivity index (χ0v) is 11.3. The fraction of sp³-hybridized carbons (Fsp3) is 0.600. The van der Waals surface area contributed by atoms with Crippen LogP contribution in [0.15, 0.2) is 12.1 Å². The maximum atomic E-state index is 13.3. The molecule has 0 saturated heterocycles. The SMILES string of the molecule is CCCNC1CC(c2cc(F)c(F)c(F)c2)C1CC. The van der Waals surface area contributed by atoms with E-state index in [1.54, 1.807) is 0 Å². The molecular formula is C15H20F3N. The topological polar surface area (TPSA) is 12.0 Å². The Bertz CT molecular complexity index is 424. The van der Waals surface area contributed by atoms with Crippen molar-refractivity contribution in [1.29, 1.82) is 0 Å². The molecule has 1 aliphatic carbocycles. The van der Waals surface area contributed by atoms with E-state index in [0.717, 1.165) is 37.9 Å². The molecular weight excluding hydrogens is 251 g/mol. The zero-order chi connectivity index (χ0) is 14.0. The summed E-state index contributed by atoms with van der Waals surface area (Å²) < 4.78 is 39.5. The van der Waals surface area contributed by atoms with Crippen LogP contribution in [0.5, 0.6) is 0 Å². The Labute approximate surface area is 112 Å². The first-order valence-corrected chi connectivity index (χ1v) is 6.96. The van der Waals surface area contributed by atoms with E-state index in [0.29, 0.717) is 17.5 Å². The number of rotatable bonds is 5. The van der Waals surface area contributed by atoms with Gasteiger partial charge in [-0.05, 0) is 48.9 Å². The van der Waals surface area contributed by atoms with E-state index in [1.807, 2.05) is 0 Å². The summed E-state index contributed by atoms with van der Waals surface area (Å²) in [5.74, 6) is -3.05. The number of hydrogen-bond acceptors (Lipinski definition) is 1. The van der Waals surface area contributed by atoms with Gasteiger partial charge in [0, 0.05) is 6.04 Å². The summed E-state index contributed by atoms with van der Waals surface area (Å²) in [7, 11) is 0. The Morgan fingerprint density at radius 3 is 2.32 bits per heavy atom. The minimum Gasteiger partial charge on any atom is -0.314 e. The van der Waals surface area contributed by atoms with Crippen molar-refractivity contribution in [3.05, 3.63) is 35.1 Å². The molecule has 0 aliphatic heterocycles. The fourth-order valence-corrected chi connectivity index (χ4v) is 3.01. The molecule has 0 aromatic heterocycles. The van der Waals surface area contributed by atoms with Gasteiger partial charge in [-0.2, -0.15) is 0 Å². The smallest absolute Gasteiger partial charge is 0.194 e. The van der Waals surface area contributed by atoms with Crippen molar-refractivity contribution in [3.63, 3.8) is 0 Å². The first-order valence-electron chi connectivity index (χ1n) is 6.96. The maximum absolute atomic E-state index is 13.3. The summed E-state index contributed by atoms with van der Waals surface area (Å²) in [4.78, 5) is 0. The Morgan fingerprint density at radius 2 is 1.79 bits per heavy atom. The van der Waals surface area contributed by atoms with Gasteiger partial charge in [0.1, 0.15) is 0 Å². The third-order valence-corrected chi connectivity index (χ3v) is 4.10. The van der Waals surface area contributed by atoms with Crippen LogP contribution in [0.3, 0.4) is 0 Å². The van der Waals surface area contributed by atoms with Gasteiger partial charge in [0.15, 0.2) is 17.5 Å². The first-order chi connectivity index (χ1) is 9.08. The predicted octanol–water partition coefficient (Wildman–Crippen LogP) is 3.99. The minimum absolute atomic E-state index is 0.129. The highest BCUT2D eigenvalue weighted by atomic mass is 19.2. The lowest BCUT2D eigenvalue weighted by Gasteiger charge is -2.45. The van der Waals surface area contributed by atoms with E-state index < -0.39 is 17.5 Å². The first kappa shape index (κ1) is 14.4. The van der Waals surface area contributed by atoms with Gasteiger partial charge in [-0.1, -0.05) is 20.3 Å². The van der Waals surface area contributed by atoms with Crippen LogP contribution in [0.1, 0.15) is 44.6 Å². The zero-order valence-electron chi connectivity index (χ0n) is 11.3. The molecule has 1 aromatic carbocycles. The van der Waals surface area contributed by atoms with Crippen LogP contribution in [0.4, 0.5) is 13.2 Å². The van der Waals surface area contributed by atoms with E-state index in [4.69, 9.17) is 0 Å². The van der Waals surface area contributed by atoms with E-state index in [9.17, 15) is 13.2 Å². The van der Waals surface area contributed by atoms with Gasteiger partial charge >= 0.3 is 0 Å². The van der Waals surface area contributed by atoms with Gasteiger partial charge < -0.3 is 5.32 Å². The molecule has 1 fully saturated rings. The summed E-state index contributed by atoms with van der Waals surface area (Å²) in [5, 5.41) is 3.45. The van der Waals surface area contributed by atoms with E-state index in [2.05, 4.69) is 19.2 Å². The molecule has 2 rings (SSSR count). The number of nitrogens with one attached hydrogen (secondary N) is 1. The molecule has 1 saturated carbocycles. The normalized spacial score (nSPS) is 26.3. The molecule has 1 nitrogen and oxygen atoms in total. The third-order valence-electron chi connectivity index (χ3n) is 4.10. The summed E-state index contributed by atoms with van der Waals surface area (Å²) in [6.45, 7) is 5.14. The molecule has 0 bridgehead atoms. The molecule has 3 atom stereocenters. The van der Waals surface area contributed by atoms with E-state index in [1.165, 1.54) is 0 Å². The summed E-state index contributed by atoms with van der Waals surface area (Å²) in [6.07, 6.45) is 2.88. The average molecular weight is 271 g/mol. The lowest BCUT2D eigenvalue weighted by atomic mass is 9.65. The lowest BCUT2D eigenvalue weighted by molar-refractivity contribution is 0.160. The van der Waals surface area contributed by atoms with Gasteiger partial charge in [0.05, 0.1) is 0 Å². The molecule has 106 valence electrons. The highest BCUT2D eigenvalue weighted by Crippen LogP contribution is 2.45. The van der Waals surface area contributed by atoms with Gasteiger partial charge in [-0.25, -0.2) is 13.2 Å². The molecule has 3 unspecified atom stereocenters. The molecule has 4 heteroatoms. The monoisotopic (exact) mass is 271 g/mol. The Morgan fingerprint density at radius 1 is 1.16 bits per heavy atom. The summed E-state index contributed by atoms with van der Waals surface area (Å²) in [5.41, 5.74) is 0.581. The number of benzene rings is 1. The number of hydrogen-bond donors (Lipinski definition) is 1. The largest absolute Gasteiger partial charge is 0.314 e. The highest BCUT2D eigenvalue weighted by molar-refractivity contribution is 5.27. The van der Waals surface area contributed by atoms with Gasteiger partial charge in [-0.15, -0.1) is 0 Å². The second-order valence-electron chi connectivity index (χ2n) is 5.27. The second-order valence-corrected chi connectivity index (χ2v) is 5.27. The molecule has 0 spiro atoms. The predicted molar refractivity (Wildman–Crippen MR) is 69.5 cm³/mol. The van der Waals surface area contributed by atoms with Crippen LogP contribution in [-0.2, 0) is 0 Å². The number of halogens is 3. The van der Waals surface area contributed by atoms with Crippen LogP contribution in [0.2, 0.25) is 0 Å². The van der Waals surface area contributed by atoms with Crippen molar-refractivity contribution in [2.24, 2.45) is 5.92 Å². The van der Waals surface area contributed by atoms with Gasteiger partial charge in [-0.3, -0.25) is 0 Å². The van der Waals surface area contributed by atoms with Gasteiger partial charge in [0.25, 0.3) is 0 Å². The van der Waals surface area contributed by atoms with Gasteiger partial charge in [0.2, 0.25) is 0 Å². The van der Waals surface area contributed by atoms with Crippen molar-refractivity contribution >= 4 is 0 Å². The van der Waals surface area contributed by atoms with E-state index in [-0.39, 0.29) is 5.92 Å². The molecule has 1 aliphatic rings. The fourth-order valence-electron chi connectivity index (χ4n) is 3.01. The van der Waals surface area contributed by atoms with Crippen LogP contribution in [0, 0.1) is 23.4 Å². The quantitative estimate of drug-likeness (QED) is 0.799. The van der Waals surface area contributed by atoms with Crippen LogP contribution >= 0.6 is 0 Å². The lowest BCUT2D eigenvalue weighted by Crippen LogP contribution is -2.49. The Hall–Kier alpha value is -1.03. The standard InChI is InChI=1S/C15H20F3N/c1-3-5-19-14-8-11(10(14)4-2)9-6-12(16)15(18)13(17)7-9/h6-7,10-11,14,19H,3-5,8H2,1-2H3. The Kier molecular flexibility index (Phi) is 4.50. The van der Waals surface area contributed by atoms with Crippen molar-refractivity contribution in [3.8, 4) is 0 Å². The molecule has 1 aromatic rings. The van der Waals surface area contributed by atoms with Crippen molar-refractivity contribution in [1.82, 2.24) is 5.32 Å². The third kappa shape index (κ3) is 2.78. The average Bonchev–Trinajstić information content (AvgIpc) is 2.35. The van der Waals surface area contributed by atoms with Crippen molar-refractivity contribution in [2.45, 2.75) is 45.1 Å². The van der Waals surface area contributed by atoms with Crippen molar-refractivity contribution in [2.75, 3.05) is 6.54 Å². The molecule has 1 N–H and O–H groups in total. The molecule has 0 heterocycles. The molecule has 0 radical (unpaired) electrons. The highest BCUT2D eigenvalue weighted by Gasteiger charge is 2.40. The minimum atomic E-state index is -1.38. The van der Waals surface area contributed by atoms with Crippen molar-refractivity contribution < 1.29 is 13.2 Å². The summed E-state index contributed by atoms with van der Waals surface area (Å²) in [6, 6.07) is 2.69. The van der Waals surface area contributed by atoms with Crippen LogP contribution in [-0.4, -0.2) is 12.6 Å². The van der Waals surface area contributed by atoms with Crippen LogP contribution in [0.25, 0.3) is 0 Å².